The van der Waals surface area contributed by atoms with E-state index in [1.165, 1.54) is 45.0 Å². The number of non-ortho nitro benzene ring substituents is 1. The maximum atomic E-state index is 12.9. The predicted octanol–water partition coefficient (Wildman–Crippen LogP) is 2.08. The third-order valence-corrected chi connectivity index (χ3v) is 3.50. The average Bonchev–Trinajstić information content (AvgIpc) is 2.60. The predicted molar refractivity (Wildman–Crippen MR) is 94.2 cm³/mol. The number of alkyl halides is 3. The SMILES string of the molecule is CC(C)(C)ON(C=O)C(CC(F)(F)F)C(O)C(=O)NCc1ccc([N+](=O)[O-])cc1. The number of nitro benzene ring substituents is 1. The molecule has 12 heteroatoms. The van der Waals surface area contributed by atoms with E-state index >= 15 is 0 Å². The van der Waals surface area contributed by atoms with Gasteiger partial charge in [0, 0.05) is 18.7 Å². The molecule has 1 rings (SSSR count). The molecule has 2 atom stereocenters. The maximum absolute atomic E-state index is 12.9. The molecular weight excluding hydrogens is 399 g/mol. The minimum Gasteiger partial charge on any atom is -0.381 e. The van der Waals surface area contributed by atoms with E-state index in [-0.39, 0.29) is 23.7 Å². The van der Waals surface area contributed by atoms with Gasteiger partial charge in [-0.15, -0.1) is 0 Å². The number of hydrogen-bond donors (Lipinski definition) is 2. The van der Waals surface area contributed by atoms with Crippen molar-refractivity contribution in [3.05, 3.63) is 39.9 Å². The summed E-state index contributed by atoms with van der Waals surface area (Å²) in [6, 6.07) is 3.06. The molecule has 2 amide bonds. The van der Waals surface area contributed by atoms with Crippen LogP contribution in [0.3, 0.4) is 0 Å². The Hall–Kier alpha value is -2.73. The van der Waals surface area contributed by atoms with Gasteiger partial charge in [0.05, 0.1) is 16.9 Å². The highest BCUT2D eigenvalue weighted by Gasteiger charge is 2.42. The van der Waals surface area contributed by atoms with E-state index < -0.39 is 41.2 Å². The van der Waals surface area contributed by atoms with Gasteiger partial charge < -0.3 is 10.4 Å². The number of aliphatic hydroxyl groups is 1. The number of nitro groups is 1. The van der Waals surface area contributed by atoms with Crippen molar-refractivity contribution < 1.29 is 37.6 Å². The van der Waals surface area contributed by atoms with E-state index in [1.807, 2.05) is 0 Å². The first kappa shape index (κ1) is 24.3. The van der Waals surface area contributed by atoms with E-state index in [4.69, 9.17) is 4.84 Å². The highest BCUT2D eigenvalue weighted by Crippen LogP contribution is 2.27. The molecule has 29 heavy (non-hydrogen) atoms. The van der Waals surface area contributed by atoms with E-state index in [0.29, 0.717) is 5.56 Å². The first-order valence-corrected chi connectivity index (χ1v) is 8.42. The molecule has 0 saturated heterocycles. The quantitative estimate of drug-likeness (QED) is 0.358. The van der Waals surface area contributed by atoms with Crippen LogP contribution >= 0.6 is 0 Å². The fourth-order valence-corrected chi connectivity index (χ4v) is 2.27. The number of carbonyl (C=O) groups excluding carboxylic acids is 2. The summed E-state index contributed by atoms with van der Waals surface area (Å²) < 4.78 is 38.8. The van der Waals surface area contributed by atoms with Gasteiger partial charge in [0.1, 0.15) is 6.04 Å². The van der Waals surface area contributed by atoms with Crippen molar-refractivity contribution >= 4 is 18.0 Å². The third kappa shape index (κ3) is 8.44. The number of nitrogens with zero attached hydrogens (tertiary/aromatic N) is 2. The number of rotatable bonds is 9. The van der Waals surface area contributed by atoms with Crippen LogP contribution in [0.15, 0.2) is 24.3 Å². The Balaban J connectivity index is 2.90. The molecule has 0 aromatic heterocycles. The molecule has 0 aliphatic carbocycles. The smallest absolute Gasteiger partial charge is 0.381 e. The Bertz CT molecular complexity index is 719. The molecule has 2 unspecified atom stereocenters. The molecule has 1 aromatic carbocycles. The average molecular weight is 421 g/mol. The number of aliphatic hydroxyl groups excluding tert-OH is 1. The second kappa shape index (κ2) is 9.65. The molecule has 0 heterocycles. The Morgan fingerprint density at radius 1 is 1.31 bits per heavy atom. The molecule has 2 N–H and O–H groups in total. The summed E-state index contributed by atoms with van der Waals surface area (Å²) in [7, 11) is 0. The van der Waals surface area contributed by atoms with E-state index in [1.54, 1.807) is 0 Å². The summed E-state index contributed by atoms with van der Waals surface area (Å²) in [6.45, 7) is 4.24. The Morgan fingerprint density at radius 3 is 2.28 bits per heavy atom. The number of amides is 2. The zero-order chi connectivity index (χ0) is 22.4. The van der Waals surface area contributed by atoms with Gasteiger partial charge >= 0.3 is 6.18 Å². The highest BCUT2D eigenvalue weighted by atomic mass is 19.4. The van der Waals surface area contributed by atoms with Crippen molar-refractivity contribution in [1.29, 1.82) is 0 Å². The number of benzene rings is 1. The first-order valence-electron chi connectivity index (χ1n) is 8.42. The Kier molecular flexibility index (Phi) is 8.09. The summed E-state index contributed by atoms with van der Waals surface area (Å²) in [5.74, 6) is -1.16. The van der Waals surface area contributed by atoms with Crippen LogP contribution in [0.2, 0.25) is 0 Å². The molecule has 0 aliphatic rings. The summed E-state index contributed by atoms with van der Waals surface area (Å²) in [5, 5.41) is 23.3. The second-order valence-electron chi connectivity index (χ2n) is 7.14. The van der Waals surface area contributed by atoms with Crippen molar-refractivity contribution in [3.8, 4) is 0 Å². The fourth-order valence-electron chi connectivity index (χ4n) is 2.27. The first-order chi connectivity index (χ1) is 13.2. The Morgan fingerprint density at radius 2 is 1.86 bits per heavy atom. The van der Waals surface area contributed by atoms with Crippen LogP contribution in [0.25, 0.3) is 0 Å². The standard InChI is InChI=1S/C17H22F3N3O6/c1-16(2,3)29-22(10-24)13(8-17(18,19)20)14(25)15(26)21-9-11-4-6-12(7-5-11)23(27)28/h4-7,10,13-14,25H,8-9H2,1-3H3,(H,21,26). The van der Waals surface area contributed by atoms with E-state index in [2.05, 4.69) is 5.32 Å². The zero-order valence-corrected chi connectivity index (χ0v) is 16.0. The molecule has 0 fully saturated rings. The molecule has 0 saturated carbocycles. The van der Waals surface area contributed by atoms with E-state index in [0.717, 1.165) is 0 Å². The zero-order valence-electron chi connectivity index (χ0n) is 16.0. The van der Waals surface area contributed by atoms with Crippen LogP contribution in [0.4, 0.5) is 18.9 Å². The van der Waals surface area contributed by atoms with Gasteiger partial charge in [0.15, 0.2) is 6.10 Å². The molecule has 9 nitrogen and oxygen atoms in total. The summed E-state index contributed by atoms with van der Waals surface area (Å²) in [6.07, 6.45) is -8.72. The van der Waals surface area contributed by atoms with Gasteiger partial charge in [0.2, 0.25) is 6.41 Å². The lowest BCUT2D eigenvalue weighted by Crippen LogP contribution is -2.53. The summed E-state index contributed by atoms with van der Waals surface area (Å²) in [5.41, 5.74) is -0.812. The summed E-state index contributed by atoms with van der Waals surface area (Å²) >= 11 is 0. The normalized spacial score (nSPS) is 14.0. The van der Waals surface area contributed by atoms with Crippen LogP contribution in [0, 0.1) is 10.1 Å². The number of carbonyl (C=O) groups is 2. The molecule has 0 spiro atoms. The molecule has 0 aliphatic heterocycles. The third-order valence-electron chi connectivity index (χ3n) is 3.50. The van der Waals surface area contributed by atoms with Crippen LogP contribution in [-0.4, -0.2) is 51.3 Å². The van der Waals surface area contributed by atoms with Crippen LogP contribution in [0.5, 0.6) is 0 Å². The monoisotopic (exact) mass is 421 g/mol. The number of nitrogens with one attached hydrogen (secondary N) is 1. The van der Waals surface area contributed by atoms with Gasteiger partial charge in [-0.3, -0.25) is 24.5 Å². The van der Waals surface area contributed by atoms with Gasteiger partial charge in [0.25, 0.3) is 11.6 Å². The van der Waals surface area contributed by atoms with Crippen molar-refractivity contribution in [2.24, 2.45) is 0 Å². The molecule has 1 aromatic rings. The van der Waals surface area contributed by atoms with Gasteiger partial charge in [-0.25, -0.2) is 5.06 Å². The summed E-state index contributed by atoms with van der Waals surface area (Å²) in [4.78, 5) is 38.5. The lowest BCUT2D eigenvalue weighted by Gasteiger charge is -2.35. The lowest BCUT2D eigenvalue weighted by atomic mass is 10.1. The highest BCUT2D eigenvalue weighted by molar-refractivity contribution is 5.81. The number of hydroxylamine groups is 2. The minimum atomic E-state index is -4.78. The Labute approximate surface area is 164 Å². The van der Waals surface area contributed by atoms with Crippen LogP contribution in [0.1, 0.15) is 32.8 Å². The van der Waals surface area contributed by atoms with Crippen LogP contribution in [-0.2, 0) is 21.0 Å². The van der Waals surface area contributed by atoms with Crippen molar-refractivity contribution in [3.63, 3.8) is 0 Å². The van der Waals surface area contributed by atoms with Gasteiger partial charge in [-0.1, -0.05) is 12.1 Å². The molecule has 0 radical (unpaired) electrons. The maximum Gasteiger partial charge on any atom is 0.391 e. The molecular formula is C17H22F3N3O6. The largest absolute Gasteiger partial charge is 0.391 e. The fraction of sp³-hybridized carbons (Fsp3) is 0.529. The van der Waals surface area contributed by atoms with Crippen molar-refractivity contribution in [2.75, 3.05) is 0 Å². The lowest BCUT2D eigenvalue weighted by molar-refractivity contribution is -0.384. The topological polar surface area (TPSA) is 122 Å². The van der Waals surface area contributed by atoms with Gasteiger partial charge in [-0.05, 0) is 26.3 Å². The van der Waals surface area contributed by atoms with E-state index in [9.17, 15) is 38.0 Å². The van der Waals surface area contributed by atoms with Crippen molar-refractivity contribution in [1.82, 2.24) is 10.4 Å². The minimum absolute atomic E-state index is 0.0332. The molecule has 0 bridgehead atoms. The second-order valence-corrected chi connectivity index (χ2v) is 7.14. The number of halogens is 3. The number of hydrogen-bond acceptors (Lipinski definition) is 6. The van der Waals surface area contributed by atoms with Crippen LogP contribution < -0.4 is 5.32 Å². The van der Waals surface area contributed by atoms with Crippen molar-refractivity contribution in [2.45, 2.75) is 57.7 Å². The molecule has 162 valence electrons. The van der Waals surface area contributed by atoms with Gasteiger partial charge in [-0.2, -0.15) is 13.2 Å².